The van der Waals surface area contributed by atoms with E-state index < -0.39 is 5.97 Å². The molecule has 0 aliphatic heterocycles. The lowest BCUT2D eigenvalue weighted by atomic mass is 9.49. The van der Waals surface area contributed by atoms with Gasteiger partial charge in [-0.2, -0.15) is 5.26 Å². The fourth-order valence-electron chi connectivity index (χ4n) is 4.69. The van der Waals surface area contributed by atoms with Crippen LogP contribution in [0.25, 0.3) is 0 Å². The molecule has 0 radical (unpaired) electrons. The Morgan fingerprint density at radius 1 is 1.03 bits per heavy atom. The van der Waals surface area contributed by atoms with E-state index in [1.165, 1.54) is 7.11 Å². The zero-order chi connectivity index (χ0) is 23.0. The van der Waals surface area contributed by atoms with Crippen molar-refractivity contribution in [1.82, 2.24) is 5.32 Å². The van der Waals surface area contributed by atoms with Gasteiger partial charge in [0.1, 0.15) is 17.9 Å². The second kappa shape index (κ2) is 8.24. The molecule has 6 nitrogen and oxygen atoms in total. The second-order valence-corrected chi connectivity index (χ2v) is 9.28. The number of methoxy groups -OCH3 is 1. The largest absolute Gasteiger partial charge is 0.489 e. The SMILES string of the molecule is COC(=O)c1ccc(C(=O)NC2C(C)(C)C(Oc3ccc(C#N)c(Cl)c3)C2(C)C)cc1. The van der Waals surface area contributed by atoms with Gasteiger partial charge in [-0.15, -0.1) is 0 Å². The Morgan fingerprint density at radius 3 is 2.13 bits per heavy atom. The number of hydrogen-bond donors (Lipinski definition) is 1. The Morgan fingerprint density at radius 2 is 1.61 bits per heavy atom. The number of carbonyl (C=O) groups excluding carboxylic acids is 2. The van der Waals surface area contributed by atoms with E-state index >= 15 is 0 Å². The number of carbonyl (C=O) groups is 2. The Bertz CT molecular complexity index is 1040. The molecular formula is C24H25ClN2O4. The highest BCUT2D eigenvalue weighted by Crippen LogP contribution is 2.55. The van der Waals surface area contributed by atoms with E-state index in [2.05, 4.69) is 10.1 Å². The zero-order valence-electron chi connectivity index (χ0n) is 18.2. The molecule has 162 valence electrons. The van der Waals surface area contributed by atoms with Crippen molar-refractivity contribution in [2.75, 3.05) is 7.11 Å². The molecule has 0 atom stereocenters. The summed E-state index contributed by atoms with van der Waals surface area (Å²) in [7, 11) is 1.31. The molecule has 1 saturated carbocycles. The zero-order valence-corrected chi connectivity index (χ0v) is 18.9. The lowest BCUT2D eigenvalue weighted by molar-refractivity contribution is -0.164. The summed E-state index contributed by atoms with van der Waals surface area (Å²) in [5.41, 5.74) is 0.529. The number of nitrogens with zero attached hydrogens (tertiary/aromatic N) is 1. The van der Waals surface area contributed by atoms with E-state index in [-0.39, 0.29) is 28.9 Å². The van der Waals surface area contributed by atoms with Crippen LogP contribution >= 0.6 is 11.6 Å². The Hall–Kier alpha value is -3.04. The van der Waals surface area contributed by atoms with Crippen LogP contribution < -0.4 is 10.1 Å². The van der Waals surface area contributed by atoms with Gasteiger partial charge >= 0.3 is 5.97 Å². The third-order valence-corrected chi connectivity index (χ3v) is 6.31. The first-order valence-corrected chi connectivity index (χ1v) is 10.3. The number of halogens is 1. The van der Waals surface area contributed by atoms with Crippen molar-refractivity contribution in [2.24, 2.45) is 10.8 Å². The minimum atomic E-state index is -0.448. The summed E-state index contributed by atoms with van der Waals surface area (Å²) >= 11 is 6.13. The number of hydrogen-bond acceptors (Lipinski definition) is 5. The fourth-order valence-corrected chi connectivity index (χ4v) is 4.90. The molecule has 2 aromatic rings. The second-order valence-electron chi connectivity index (χ2n) is 8.87. The predicted octanol–water partition coefficient (Wildman–Crippen LogP) is 4.61. The number of rotatable bonds is 5. The van der Waals surface area contributed by atoms with Crippen LogP contribution in [-0.2, 0) is 4.74 Å². The van der Waals surface area contributed by atoms with Gasteiger partial charge in [-0.3, -0.25) is 4.79 Å². The first-order valence-electron chi connectivity index (χ1n) is 9.88. The summed E-state index contributed by atoms with van der Waals surface area (Å²) < 4.78 is 10.9. The maximum Gasteiger partial charge on any atom is 0.337 e. The highest BCUT2D eigenvalue weighted by Gasteiger charge is 2.64. The average Bonchev–Trinajstić information content (AvgIpc) is 2.74. The lowest BCUT2D eigenvalue weighted by Crippen LogP contribution is -2.74. The average molecular weight is 441 g/mol. The van der Waals surface area contributed by atoms with Crippen LogP contribution in [-0.4, -0.2) is 31.1 Å². The lowest BCUT2D eigenvalue weighted by Gasteiger charge is -2.63. The third kappa shape index (κ3) is 4.11. The molecule has 0 aromatic heterocycles. The minimum absolute atomic E-state index is 0.147. The predicted molar refractivity (Wildman–Crippen MR) is 117 cm³/mol. The number of ether oxygens (including phenoxy) is 2. The van der Waals surface area contributed by atoms with Gasteiger partial charge in [0.05, 0.1) is 23.3 Å². The fraction of sp³-hybridized carbons (Fsp3) is 0.375. The van der Waals surface area contributed by atoms with E-state index in [1.54, 1.807) is 42.5 Å². The van der Waals surface area contributed by atoms with Crippen LogP contribution in [0, 0.1) is 22.2 Å². The monoisotopic (exact) mass is 440 g/mol. The standard InChI is InChI=1S/C24H25ClN2O4/c1-23(2)21(27-19(28)14-6-8-15(9-7-14)20(29)30-5)24(3,4)22(23)31-17-11-10-16(13-26)18(25)12-17/h6-12,21-22H,1-5H3,(H,27,28). The van der Waals surface area contributed by atoms with Crippen molar-refractivity contribution in [3.8, 4) is 11.8 Å². The number of esters is 1. The van der Waals surface area contributed by atoms with E-state index in [0.717, 1.165) is 0 Å². The summed E-state index contributed by atoms with van der Waals surface area (Å²) in [5.74, 6) is -0.0862. The van der Waals surface area contributed by atoms with Crippen molar-refractivity contribution in [3.63, 3.8) is 0 Å². The summed E-state index contributed by atoms with van der Waals surface area (Å²) in [6, 6.07) is 13.2. The van der Waals surface area contributed by atoms with E-state index in [4.69, 9.17) is 21.6 Å². The topological polar surface area (TPSA) is 88.4 Å². The number of benzene rings is 2. The van der Waals surface area contributed by atoms with Crippen LogP contribution in [0.15, 0.2) is 42.5 Å². The molecule has 7 heteroatoms. The number of nitriles is 1. The van der Waals surface area contributed by atoms with Crippen molar-refractivity contribution in [1.29, 1.82) is 5.26 Å². The maximum atomic E-state index is 12.8. The molecule has 1 aliphatic rings. The molecular weight excluding hydrogens is 416 g/mol. The number of nitrogens with one attached hydrogen (secondary N) is 1. The molecule has 31 heavy (non-hydrogen) atoms. The summed E-state index contributed by atoms with van der Waals surface area (Å²) in [6.07, 6.45) is -0.184. The van der Waals surface area contributed by atoms with E-state index in [1.807, 2.05) is 33.8 Å². The number of amides is 1. The molecule has 1 fully saturated rings. The molecule has 0 spiro atoms. The Balaban J connectivity index is 1.73. The molecule has 0 unspecified atom stereocenters. The molecule has 0 heterocycles. The molecule has 1 N–H and O–H groups in total. The van der Waals surface area contributed by atoms with Gasteiger partial charge in [0, 0.05) is 28.5 Å². The van der Waals surface area contributed by atoms with Gasteiger partial charge in [-0.05, 0) is 36.4 Å². The third-order valence-electron chi connectivity index (χ3n) is 6.00. The molecule has 0 saturated heterocycles. The van der Waals surface area contributed by atoms with Crippen molar-refractivity contribution in [3.05, 3.63) is 64.2 Å². The van der Waals surface area contributed by atoms with Crippen LogP contribution in [0.4, 0.5) is 0 Å². The van der Waals surface area contributed by atoms with Crippen LogP contribution in [0.5, 0.6) is 5.75 Å². The normalized spacial score (nSPS) is 20.7. The maximum absolute atomic E-state index is 12.8. The van der Waals surface area contributed by atoms with Crippen LogP contribution in [0.1, 0.15) is 54.0 Å². The smallest absolute Gasteiger partial charge is 0.337 e. The molecule has 1 aliphatic carbocycles. The van der Waals surface area contributed by atoms with Gasteiger partial charge in [0.2, 0.25) is 0 Å². The van der Waals surface area contributed by atoms with E-state index in [9.17, 15) is 9.59 Å². The quantitative estimate of drug-likeness (QED) is 0.686. The van der Waals surface area contributed by atoms with Crippen molar-refractivity contribution < 1.29 is 19.1 Å². The first kappa shape index (κ1) is 22.6. The summed E-state index contributed by atoms with van der Waals surface area (Å²) in [5, 5.41) is 12.5. The van der Waals surface area contributed by atoms with Gasteiger partial charge in [0.25, 0.3) is 5.91 Å². The Kier molecular flexibility index (Phi) is 6.02. The first-order chi connectivity index (χ1) is 14.5. The van der Waals surface area contributed by atoms with Crippen molar-refractivity contribution in [2.45, 2.75) is 39.8 Å². The highest BCUT2D eigenvalue weighted by atomic mass is 35.5. The van der Waals surface area contributed by atoms with Gasteiger partial charge < -0.3 is 14.8 Å². The van der Waals surface area contributed by atoms with Crippen molar-refractivity contribution >= 4 is 23.5 Å². The Labute approximate surface area is 187 Å². The van der Waals surface area contributed by atoms with E-state index in [0.29, 0.717) is 27.5 Å². The summed E-state index contributed by atoms with van der Waals surface area (Å²) in [6.45, 7) is 8.16. The molecule has 3 rings (SSSR count). The van der Waals surface area contributed by atoms with Gasteiger partial charge in [-0.1, -0.05) is 39.3 Å². The van der Waals surface area contributed by atoms with Gasteiger partial charge in [0.15, 0.2) is 0 Å². The van der Waals surface area contributed by atoms with Crippen LogP contribution in [0.3, 0.4) is 0 Å². The van der Waals surface area contributed by atoms with Gasteiger partial charge in [-0.25, -0.2) is 4.79 Å². The van der Waals surface area contributed by atoms with Crippen LogP contribution in [0.2, 0.25) is 5.02 Å². The molecule has 0 bridgehead atoms. The molecule has 1 amide bonds. The minimum Gasteiger partial charge on any atom is -0.489 e. The summed E-state index contributed by atoms with van der Waals surface area (Å²) in [4.78, 5) is 24.4. The molecule has 2 aromatic carbocycles. The highest BCUT2D eigenvalue weighted by molar-refractivity contribution is 6.31.